The molecule has 1 amide bonds. The number of anilines is 1. The standard InChI is InChI=1S/C19H16N8O3S/c20-17-18(25-30-24-17)27-14(11-31-13-7-2-1-3-8-13)16(22-26-27)19(29)23-21-10-12-6-4-5-9-15(12)28/h1-10,28H,11H2,(H2,20,24)(H,23,29)/b21-10+. The van der Waals surface area contributed by atoms with Gasteiger partial charge in [-0.25, -0.2) is 10.1 Å². The van der Waals surface area contributed by atoms with Crippen molar-refractivity contribution in [1.29, 1.82) is 0 Å². The van der Waals surface area contributed by atoms with Crippen molar-refractivity contribution in [2.45, 2.75) is 10.6 Å². The number of amides is 1. The molecule has 0 saturated carbocycles. The SMILES string of the molecule is Nc1nonc1-n1nnc(C(=O)N/N=C/c2ccccc2O)c1CSc1ccccc1. The predicted molar refractivity (Wildman–Crippen MR) is 113 cm³/mol. The second-order valence-electron chi connectivity index (χ2n) is 6.13. The zero-order valence-electron chi connectivity index (χ0n) is 15.9. The summed E-state index contributed by atoms with van der Waals surface area (Å²) in [5.41, 5.74) is 9.10. The maximum absolute atomic E-state index is 12.7. The summed E-state index contributed by atoms with van der Waals surface area (Å²) >= 11 is 1.48. The fraction of sp³-hybridized carbons (Fsp3) is 0.0526. The van der Waals surface area contributed by atoms with Crippen LogP contribution in [0.3, 0.4) is 0 Å². The molecular weight excluding hydrogens is 420 g/mol. The number of nitrogens with two attached hydrogens (primary N) is 1. The first kappa shape index (κ1) is 20.1. The molecule has 2 heterocycles. The predicted octanol–water partition coefficient (Wildman–Crippen LogP) is 1.99. The number of aromatic nitrogens is 5. The summed E-state index contributed by atoms with van der Waals surface area (Å²) in [6, 6.07) is 16.2. The minimum atomic E-state index is -0.586. The lowest BCUT2D eigenvalue weighted by molar-refractivity contribution is 0.0949. The van der Waals surface area contributed by atoms with Crippen LogP contribution in [0.15, 0.2) is 69.2 Å². The van der Waals surface area contributed by atoms with Gasteiger partial charge in [-0.1, -0.05) is 35.5 Å². The number of para-hydroxylation sites is 1. The summed E-state index contributed by atoms with van der Waals surface area (Å²) in [6.45, 7) is 0. The summed E-state index contributed by atoms with van der Waals surface area (Å²) in [5.74, 6) is -0.0553. The van der Waals surface area contributed by atoms with Crippen molar-refractivity contribution >= 4 is 29.7 Å². The van der Waals surface area contributed by atoms with Crippen molar-refractivity contribution in [3.05, 3.63) is 71.5 Å². The fourth-order valence-corrected chi connectivity index (χ4v) is 3.51. The molecule has 2 aromatic carbocycles. The molecule has 12 heteroatoms. The van der Waals surface area contributed by atoms with Gasteiger partial charge in [0, 0.05) is 16.2 Å². The maximum Gasteiger partial charge on any atom is 0.293 e. The Labute approximate surface area is 179 Å². The molecule has 4 N–H and O–H groups in total. The van der Waals surface area contributed by atoms with E-state index in [2.05, 4.69) is 35.8 Å². The number of rotatable bonds is 7. The average molecular weight is 436 g/mol. The van der Waals surface area contributed by atoms with E-state index in [0.29, 0.717) is 17.0 Å². The largest absolute Gasteiger partial charge is 0.507 e. The van der Waals surface area contributed by atoms with E-state index < -0.39 is 5.91 Å². The third kappa shape index (κ3) is 4.53. The van der Waals surface area contributed by atoms with Crippen LogP contribution < -0.4 is 11.2 Å². The van der Waals surface area contributed by atoms with Crippen LogP contribution >= 0.6 is 11.8 Å². The number of nitrogens with one attached hydrogen (secondary N) is 1. The first-order chi connectivity index (χ1) is 15.1. The molecule has 0 spiro atoms. The second-order valence-corrected chi connectivity index (χ2v) is 7.18. The van der Waals surface area contributed by atoms with Gasteiger partial charge in [0.25, 0.3) is 5.91 Å². The van der Waals surface area contributed by atoms with E-state index in [1.165, 1.54) is 28.7 Å². The van der Waals surface area contributed by atoms with Crippen molar-refractivity contribution < 1.29 is 14.5 Å². The molecule has 4 aromatic rings. The lowest BCUT2D eigenvalue weighted by Crippen LogP contribution is -2.20. The monoisotopic (exact) mass is 436 g/mol. The molecule has 0 aliphatic rings. The van der Waals surface area contributed by atoms with Crippen LogP contribution in [0.4, 0.5) is 5.82 Å². The number of phenolic OH excluding ortho intramolecular Hbond substituents is 1. The van der Waals surface area contributed by atoms with E-state index in [0.717, 1.165) is 4.90 Å². The number of hydrazone groups is 1. The highest BCUT2D eigenvalue weighted by Crippen LogP contribution is 2.25. The van der Waals surface area contributed by atoms with E-state index >= 15 is 0 Å². The van der Waals surface area contributed by atoms with Crippen molar-refractivity contribution in [3.63, 3.8) is 0 Å². The molecule has 0 saturated heterocycles. The number of hydrogen-bond acceptors (Lipinski definition) is 10. The van der Waals surface area contributed by atoms with Gasteiger partial charge in [-0.15, -0.1) is 16.9 Å². The lowest BCUT2D eigenvalue weighted by atomic mass is 10.2. The van der Waals surface area contributed by atoms with Gasteiger partial charge in [-0.2, -0.15) is 9.78 Å². The number of nitrogen functional groups attached to an aromatic ring is 1. The second kappa shape index (κ2) is 9.09. The highest BCUT2D eigenvalue weighted by atomic mass is 32.2. The number of aromatic hydroxyl groups is 1. The normalized spacial score (nSPS) is 11.1. The summed E-state index contributed by atoms with van der Waals surface area (Å²) in [6.07, 6.45) is 1.33. The Bertz CT molecular complexity index is 1220. The number of nitrogens with zero attached hydrogens (tertiary/aromatic N) is 6. The molecule has 156 valence electrons. The lowest BCUT2D eigenvalue weighted by Gasteiger charge is -2.05. The molecule has 0 unspecified atom stereocenters. The van der Waals surface area contributed by atoms with Crippen molar-refractivity contribution in [2.75, 3.05) is 5.73 Å². The van der Waals surface area contributed by atoms with Gasteiger partial charge < -0.3 is 10.8 Å². The van der Waals surface area contributed by atoms with E-state index in [1.807, 2.05) is 30.3 Å². The summed E-state index contributed by atoms with van der Waals surface area (Å²) in [7, 11) is 0. The van der Waals surface area contributed by atoms with Crippen LogP contribution in [0.25, 0.3) is 5.82 Å². The van der Waals surface area contributed by atoms with Gasteiger partial charge in [-0.05, 0) is 34.6 Å². The summed E-state index contributed by atoms with van der Waals surface area (Å²) in [5, 5.41) is 28.9. The van der Waals surface area contributed by atoms with E-state index in [4.69, 9.17) is 5.73 Å². The zero-order valence-corrected chi connectivity index (χ0v) is 16.7. The number of phenols is 1. The third-order valence-corrected chi connectivity index (χ3v) is 5.12. The Balaban J connectivity index is 1.58. The minimum absolute atomic E-state index is 0.0143. The minimum Gasteiger partial charge on any atom is -0.507 e. The number of hydrogen-bond donors (Lipinski definition) is 3. The average Bonchev–Trinajstić information content (AvgIpc) is 3.40. The van der Waals surface area contributed by atoms with Gasteiger partial charge >= 0.3 is 0 Å². The third-order valence-electron chi connectivity index (χ3n) is 4.10. The number of carbonyl (C=O) groups is 1. The summed E-state index contributed by atoms with van der Waals surface area (Å²) in [4.78, 5) is 13.7. The van der Waals surface area contributed by atoms with Gasteiger partial charge in [-0.3, -0.25) is 4.79 Å². The van der Waals surface area contributed by atoms with E-state index in [-0.39, 0.29) is 23.1 Å². The molecule has 0 fully saturated rings. The van der Waals surface area contributed by atoms with Crippen LogP contribution in [0, 0.1) is 0 Å². The van der Waals surface area contributed by atoms with Crippen LogP contribution in [0.1, 0.15) is 21.7 Å². The molecule has 0 atom stereocenters. The molecule has 0 bridgehead atoms. The molecule has 2 aromatic heterocycles. The Morgan fingerprint density at radius 3 is 2.71 bits per heavy atom. The van der Waals surface area contributed by atoms with Gasteiger partial charge in [0.2, 0.25) is 11.6 Å². The maximum atomic E-state index is 12.7. The molecule has 0 aliphatic heterocycles. The van der Waals surface area contributed by atoms with Gasteiger partial charge in [0.1, 0.15) is 5.75 Å². The topological polar surface area (TPSA) is 157 Å². The van der Waals surface area contributed by atoms with E-state index in [1.54, 1.807) is 18.2 Å². The van der Waals surface area contributed by atoms with Crippen LogP contribution in [0.2, 0.25) is 0 Å². The van der Waals surface area contributed by atoms with Crippen LogP contribution in [0.5, 0.6) is 5.75 Å². The molecule has 0 aliphatic carbocycles. The quantitative estimate of drug-likeness (QED) is 0.224. The Hall–Kier alpha value is -4.19. The molecule has 11 nitrogen and oxygen atoms in total. The van der Waals surface area contributed by atoms with Crippen LogP contribution in [-0.2, 0) is 5.75 Å². The molecule has 0 radical (unpaired) electrons. The van der Waals surface area contributed by atoms with Crippen molar-refractivity contribution in [2.24, 2.45) is 5.10 Å². The number of carbonyl (C=O) groups excluding carboxylic acids is 1. The van der Waals surface area contributed by atoms with Crippen molar-refractivity contribution in [1.82, 2.24) is 30.7 Å². The molecule has 4 rings (SSSR count). The van der Waals surface area contributed by atoms with Crippen molar-refractivity contribution in [3.8, 4) is 11.6 Å². The van der Waals surface area contributed by atoms with Gasteiger partial charge in [0.05, 0.1) is 11.9 Å². The highest BCUT2D eigenvalue weighted by molar-refractivity contribution is 7.98. The first-order valence-electron chi connectivity index (χ1n) is 8.95. The highest BCUT2D eigenvalue weighted by Gasteiger charge is 2.24. The number of thioether (sulfide) groups is 1. The summed E-state index contributed by atoms with van der Waals surface area (Å²) < 4.78 is 5.95. The molecular formula is C19H16N8O3S. The van der Waals surface area contributed by atoms with E-state index in [9.17, 15) is 9.90 Å². The number of benzene rings is 2. The first-order valence-corrected chi connectivity index (χ1v) is 9.94. The Morgan fingerprint density at radius 1 is 1.19 bits per heavy atom. The van der Waals surface area contributed by atoms with Crippen LogP contribution in [-0.4, -0.2) is 42.5 Å². The Kier molecular flexibility index (Phi) is 5.89. The fourth-order valence-electron chi connectivity index (χ4n) is 2.59. The Morgan fingerprint density at radius 2 is 1.97 bits per heavy atom. The zero-order chi connectivity index (χ0) is 21.6. The smallest absolute Gasteiger partial charge is 0.293 e. The molecule has 31 heavy (non-hydrogen) atoms. The van der Waals surface area contributed by atoms with Gasteiger partial charge in [0.15, 0.2) is 5.69 Å².